The molecule has 3 aliphatic heterocycles. The molecule has 0 spiro atoms. The number of ether oxygens (including phenoxy) is 2. The lowest BCUT2D eigenvalue weighted by Gasteiger charge is -2.32. The second-order valence-corrected chi connectivity index (χ2v) is 8.26. The molecule has 2 fully saturated rings. The third-order valence-corrected chi connectivity index (χ3v) is 6.32. The molecule has 9 nitrogen and oxygen atoms in total. The summed E-state index contributed by atoms with van der Waals surface area (Å²) >= 11 is 0. The quantitative estimate of drug-likeness (QED) is 0.626. The van der Waals surface area contributed by atoms with Gasteiger partial charge in [0, 0.05) is 18.4 Å². The molecule has 31 heavy (non-hydrogen) atoms. The van der Waals surface area contributed by atoms with Crippen molar-refractivity contribution in [1.82, 2.24) is 20.9 Å². The number of nitrogens with zero attached hydrogens (tertiary/aromatic N) is 1. The highest BCUT2D eigenvalue weighted by Crippen LogP contribution is 2.33. The molecule has 2 saturated heterocycles. The molecule has 0 radical (unpaired) electrons. The molecule has 0 bridgehead atoms. The minimum Gasteiger partial charge on any atom is -0.493 e. The second kappa shape index (κ2) is 9.23. The molecule has 0 saturated carbocycles. The number of likely N-dealkylation sites (N-methyl/N-ethyl adjacent to an activating group) is 1. The van der Waals surface area contributed by atoms with Gasteiger partial charge >= 0.3 is 0 Å². The highest BCUT2D eigenvalue weighted by Gasteiger charge is 2.46. The van der Waals surface area contributed by atoms with Crippen LogP contribution in [0.3, 0.4) is 0 Å². The average molecular weight is 431 g/mol. The highest BCUT2D eigenvalue weighted by molar-refractivity contribution is 5.93. The van der Waals surface area contributed by atoms with Gasteiger partial charge in [-0.2, -0.15) is 0 Å². The van der Waals surface area contributed by atoms with Crippen molar-refractivity contribution in [2.45, 2.75) is 63.0 Å². The van der Waals surface area contributed by atoms with E-state index in [1.54, 1.807) is 14.0 Å². The molecule has 0 unspecified atom stereocenters. The van der Waals surface area contributed by atoms with E-state index in [0.29, 0.717) is 38.9 Å². The van der Waals surface area contributed by atoms with Crippen LogP contribution in [0.15, 0.2) is 24.3 Å². The zero-order valence-corrected chi connectivity index (χ0v) is 17.9. The zero-order chi connectivity index (χ0) is 22.0. The van der Waals surface area contributed by atoms with E-state index < -0.39 is 24.4 Å². The minimum absolute atomic E-state index is 0.161. The molecule has 3 amide bonds. The SMILES string of the molecule is CN[C@H](C)C(=O)N[C@H]1CCO[C@H]2CC[C@H](C(=O)N[C@H]3CCOc4ccccc43)N2C1=O. The van der Waals surface area contributed by atoms with Gasteiger partial charge in [0.25, 0.3) is 0 Å². The Morgan fingerprint density at radius 3 is 2.65 bits per heavy atom. The number of benzene rings is 1. The molecule has 1 aromatic carbocycles. The van der Waals surface area contributed by atoms with Crippen LogP contribution in [0, 0.1) is 0 Å². The fourth-order valence-corrected chi connectivity index (χ4v) is 4.44. The number of para-hydroxylation sites is 1. The van der Waals surface area contributed by atoms with Gasteiger partial charge in [-0.3, -0.25) is 14.4 Å². The van der Waals surface area contributed by atoms with Crippen molar-refractivity contribution in [1.29, 1.82) is 0 Å². The summed E-state index contributed by atoms with van der Waals surface area (Å²) in [5, 5.41) is 8.78. The normalized spacial score (nSPS) is 28.6. The Morgan fingerprint density at radius 1 is 1.06 bits per heavy atom. The van der Waals surface area contributed by atoms with Crippen molar-refractivity contribution in [3.63, 3.8) is 0 Å². The minimum atomic E-state index is -0.703. The monoisotopic (exact) mass is 430 g/mol. The summed E-state index contributed by atoms with van der Waals surface area (Å²) in [6.07, 6.45) is 1.75. The van der Waals surface area contributed by atoms with Gasteiger partial charge in [0.2, 0.25) is 17.7 Å². The topological polar surface area (TPSA) is 109 Å². The van der Waals surface area contributed by atoms with Crippen LogP contribution in [0.2, 0.25) is 0 Å². The molecular weight excluding hydrogens is 400 g/mol. The number of nitrogens with one attached hydrogen (secondary N) is 3. The van der Waals surface area contributed by atoms with Crippen molar-refractivity contribution in [3.8, 4) is 5.75 Å². The number of carbonyl (C=O) groups is 3. The van der Waals surface area contributed by atoms with E-state index in [-0.39, 0.29) is 23.8 Å². The molecule has 5 atom stereocenters. The molecule has 0 aromatic heterocycles. The Bertz CT molecular complexity index is 847. The van der Waals surface area contributed by atoms with E-state index in [2.05, 4.69) is 16.0 Å². The van der Waals surface area contributed by atoms with Crippen molar-refractivity contribution in [2.75, 3.05) is 20.3 Å². The molecular formula is C22H30N4O5. The van der Waals surface area contributed by atoms with Gasteiger partial charge in [0.15, 0.2) is 0 Å². The summed E-state index contributed by atoms with van der Waals surface area (Å²) < 4.78 is 11.5. The van der Waals surface area contributed by atoms with E-state index in [0.717, 1.165) is 11.3 Å². The molecule has 3 heterocycles. The lowest BCUT2D eigenvalue weighted by molar-refractivity contribution is -0.149. The molecule has 4 rings (SSSR count). The standard InChI is InChI=1S/C22H30N4O5/c1-13(23-2)20(27)25-16-10-12-31-19-8-7-17(26(19)22(16)29)21(28)24-15-9-11-30-18-6-4-3-5-14(15)18/h3-6,13,15-17,19,23H,7-12H2,1-2H3,(H,24,28)(H,25,27)/t13-,15+,16+,17-,19+/m1/s1. The van der Waals surface area contributed by atoms with Gasteiger partial charge < -0.3 is 30.3 Å². The van der Waals surface area contributed by atoms with E-state index in [1.165, 1.54) is 4.90 Å². The Kier molecular flexibility index (Phi) is 6.43. The van der Waals surface area contributed by atoms with Crippen LogP contribution in [0.4, 0.5) is 0 Å². The van der Waals surface area contributed by atoms with Gasteiger partial charge in [-0.25, -0.2) is 0 Å². The van der Waals surface area contributed by atoms with Gasteiger partial charge in [-0.1, -0.05) is 18.2 Å². The van der Waals surface area contributed by atoms with Crippen LogP contribution in [0.5, 0.6) is 5.75 Å². The molecule has 9 heteroatoms. The Hall–Kier alpha value is -2.65. The Labute approximate surface area is 181 Å². The summed E-state index contributed by atoms with van der Waals surface area (Å²) in [4.78, 5) is 40.4. The predicted molar refractivity (Wildman–Crippen MR) is 112 cm³/mol. The number of hydrogen-bond donors (Lipinski definition) is 3. The first kappa shape index (κ1) is 21.6. The maximum Gasteiger partial charge on any atom is 0.247 e. The highest BCUT2D eigenvalue weighted by atomic mass is 16.5. The molecule has 168 valence electrons. The summed E-state index contributed by atoms with van der Waals surface area (Å²) in [5.41, 5.74) is 0.946. The summed E-state index contributed by atoms with van der Waals surface area (Å²) in [5.74, 6) is 0.0678. The van der Waals surface area contributed by atoms with Crippen molar-refractivity contribution in [2.24, 2.45) is 0 Å². The van der Waals surface area contributed by atoms with Gasteiger partial charge in [-0.15, -0.1) is 0 Å². The first-order chi connectivity index (χ1) is 15.0. The summed E-state index contributed by atoms with van der Waals surface area (Å²) in [7, 11) is 1.69. The van der Waals surface area contributed by atoms with Crippen LogP contribution in [0.1, 0.15) is 44.2 Å². The molecule has 1 aromatic rings. The lowest BCUT2D eigenvalue weighted by Crippen LogP contribution is -2.56. The van der Waals surface area contributed by atoms with E-state index in [9.17, 15) is 14.4 Å². The first-order valence-corrected chi connectivity index (χ1v) is 10.9. The zero-order valence-electron chi connectivity index (χ0n) is 17.9. The van der Waals surface area contributed by atoms with E-state index in [1.807, 2.05) is 24.3 Å². The predicted octanol–water partition coefficient (Wildman–Crippen LogP) is 0.457. The molecule has 3 aliphatic rings. The number of rotatable bonds is 5. The maximum absolute atomic E-state index is 13.3. The van der Waals surface area contributed by atoms with Gasteiger partial charge in [0.05, 0.1) is 25.3 Å². The van der Waals surface area contributed by atoms with Crippen LogP contribution in [-0.2, 0) is 19.1 Å². The average Bonchev–Trinajstić information content (AvgIpc) is 3.15. The number of hydrogen-bond acceptors (Lipinski definition) is 6. The Balaban J connectivity index is 1.47. The number of fused-ring (bicyclic) bond motifs is 2. The van der Waals surface area contributed by atoms with Crippen molar-refractivity contribution in [3.05, 3.63) is 29.8 Å². The van der Waals surface area contributed by atoms with E-state index in [4.69, 9.17) is 9.47 Å². The molecule has 3 N–H and O–H groups in total. The van der Waals surface area contributed by atoms with Crippen molar-refractivity contribution < 1.29 is 23.9 Å². The maximum atomic E-state index is 13.3. The van der Waals surface area contributed by atoms with Gasteiger partial charge in [-0.05, 0) is 32.9 Å². The fraction of sp³-hybridized carbons (Fsp3) is 0.591. The van der Waals surface area contributed by atoms with Gasteiger partial charge in [0.1, 0.15) is 24.1 Å². The molecule has 0 aliphatic carbocycles. The third kappa shape index (κ3) is 4.38. The number of carbonyl (C=O) groups excluding carboxylic acids is 3. The van der Waals surface area contributed by atoms with E-state index >= 15 is 0 Å². The van der Waals surface area contributed by atoms with Crippen LogP contribution in [0.25, 0.3) is 0 Å². The van der Waals surface area contributed by atoms with Crippen LogP contribution >= 0.6 is 0 Å². The van der Waals surface area contributed by atoms with Crippen LogP contribution in [-0.4, -0.2) is 67.2 Å². The lowest BCUT2D eigenvalue weighted by atomic mass is 10.00. The largest absolute Gasteiger partial charge is 0.493 e. The smallest absolute Gasteiger partial charge is 0.247 e. The summed E-state index contributed by atoms with van der Waals surface area (Å²) in [6.45, 7) is 2.61. The second-order valence-electron chi connectivity index (χ2n) is 8.26. The number of amides is 3. The van der Waals surface area contributed by atoms with Crippen LogP contribution < -0.4 is 20.7 Å². The van der Waals surface area contributed by atoms with Crippen molar-refractivity contribution >= 4 is 17.7 Å². The summed E-state index contributed by atoms with van der Waals surface area (Å²) in [6, 6.07) is 5.77. The Morgan fingerprint density at radius 2 is 1.84 bits per heavy atom. The fourth-order valence-electron chi connectivity index (χ4n) is 4.44. The third-order valence-electron chi connectivity index (χ3n) is 6.32. The first-order valence-electron chi connectivity index (χ1n) is 10.9.